The number of nitrogens with zero attached hydrogens (tertiary/aromatic N) is 2. The highest BCUT2D eigenvalue weighted by Gasteiger charge is 2.36. The van der Waals surface area contributed by atoms with Crippen LogP contribution in [0.3, 0.4) is 0 Å². The summed E-state index contributed by atoms with van der Waals surface area (Å²) in [5.74, 6) is -1.91. The Morgan fingerprint density at radius 1 is 1.18 bits per heavy atom. The van der Waals surface area contributed by atoms with Crippen LogP contribution in [0, 0.1) is 13.8 Å². The molecular formula is C26H27F3N4O5. The highest BCUT2D eigenvalue weighted by Crippen LogP contribution is 2.44. The molecule has 9 nitrogen and oxygen atoms in total. The number of nitrogens with one attached hydrogen (secondary N) is 1. The molecule has 38 heavy (non-hydrogen) atoms. The van der Waals surface area contributed by atoms with Crippen LogP contribution in [-0.2, 0) is 9.53 Å². The second kappa shape index (κ2) is 9.19. The molecule has 1 saturated heterocycles. The summed E-state index contributed by atoms with van der Waals surface area (Å²) in [4.78, 5) is 31.0. The Labute approximate surface area is 215 Å². The van der Waals surface area contributed by atoms with Gasteiger partial charge in [-0.05, 0) is 51.8 Å². The number of hydrogen-bond donors (Lipinski definition) is 2. The SMILES string of the molecule is Cc1noc(C)c1C1=Cc2c([nH]c3cc(OC(F)(F)F)cc(C(=O)N4C[C@@H](C)O[C@@H](C)C4)c23)C(C(N)=O)C1. The molecule has 1 fully saturated rings. The van der Waals surface area contributed by atoms with E-state index in [0.29, 0.717) is 28.1 Å². The Kier molecular flexibility index (Phi) is 6.25. The molecule has 3 atom stereocenters. The number of rotatable bonds is 4. The van der Waals surface area contributed by atoms with E-state index in [0.717, 1.165) is 17.2 Å². The molecule has 5 rings (SSSR count). The summed E-state index contributed by atoms with van der Waals surface area (Å²) in [6, 6.07) is 2.26. The topological polar surface area (TPSA) is 124 Å². The number of amides is 2. The monoisotopic (exact) mass is 532 g/mol. The van der Waals surface area contributed by atoms with Crippen LogP contribution in [0.25, 0.3) is 22.6 Å². The maximum absolute atomic E-state index is 13.8. The van der Waals surface area contributed by atoms with Crippen molar-refractivity contribution in [2.75, 3.05) is 13.1 Å². The lowest BCUT2D eigenvalue weighted by Crippen LogP contribution is -2.48. The number of fused-ring (bicyclic) bond motifs is 3. The lowest BCUT2D eigenvalue weighted by Gasteiger charge is -2.35. The first kappa shape index (κ1) is 25.8. The summed E-state index contributed by atoms with van der Waals surface area (Å²) < 4.78 is 54.8. The molecule has 1 aliphatic heterocycles. The van der Waals surface area contributed by atoms with E-state index >= 15 is 0 Å². The number of nitrogens with two attached hydrogens (primary N) is 1. The predicted octanol–water partition coefficient (Wildman–Crippen LogP) is 4.43. The zero-order valence-electron chi connectivity index (χ0n) is 21.2. The van der Waals surface area contributed by atoms with Gasteiger partial charge in [0.2, 0.25) is 5.91 Å². The van der Waals surface area contributed by atoms with Crippen molar-refractivity contribution in [3.63, 3.8) is 0 Å². The molecule has 2 aliphatic rings. The van der Waals surface area contributed by atoms with Crippen molar-refractivity contribution in [1.29, 1.82) is 0 Å². The van der Waals surface area contributed by atoms with Gasteiger partial charge in [-0.2, -0.15) is 0 Å². The number of benzene rings is 1. The number of primary amides is 1. The largest absolute Gasteiger partial charge is 0.573 e. The Hall–Kier alpha value is -3.80. The highest BCUT2D eigenvalue weighted by atomic mass is 19.4. The molecule has 12 heteroatoms. The first-order valence-electron chi connectivity index (χ1n) is 12.2. The van der Waals surface area contributed by atoms with Gasteiger partial charge in [0.15, 0.2) is 0 Å². The second-order valence-electron chi connectivity index (χ2n) is 9.89. The van der Waals surface area contributed by atoms with E-state index in [4.69, 9.17) is 15.0 Å². The Morgan fingerprint density at radius 3 is 2.45 bits per heavy atom. The first-order chi connectivity index (χ1) is 17.8. The van der Waals surface area contributed by atoms with Crippen molar-refractivity contribution >= 4 is 34.4 Å². The summed E-state index contributed by atoms with van der Waals surface area (Å²) >= 11 is 0. The van der Waals surface area contributed by atoms with E-state index in [1.807, 2.05) is 19.9 Å². The van der Waals surface area contributed by atoms with Gasteiger partial charge in [-0.1, -0.05) is 5.16 Å². The standard InChI is InChI=1S/C26H27F3N4O5/c1-11-9-33(10-12(2)36-11)25(35)18-7-16(37-26(27,28)29)8-20-22(18)17-5-15(21-13(3)32-38-14(21)4)6-19(24(30)34)23(17)31-20/h5,7-8,11-12,19,31H,6,9-10H2,1-4H3,(H2,30,34)/t11-,12+,19?. The van der Waals surface area contributed by atoms with Crippen molar-refractivity contribution in [2.24, 2.45) is 5.73 Å². The van der Waals surface area contributed by atoms with Crippen LogP contribution in [0.1, 0.15) is 64.8 Å². The van der Waals surface area contributed by atoms with Crippen LogP contribution in [0.4, 0.5) is 13.2 Å². The van der Waals surface area contributed by atoms with Gasteiger partial charge in [-0.15, -0.1) is 13.2 Å². The van der Waals surface area contributed by atoms with Crippen molar-refractivity contribution in [2.45, 2.75) is 58.6 Å². The van der Waals surface area contributed by atoms with Crippen LogP contribution in [0.5, 0.6) is 5.75 Å². The normalized spacial score (nSPS) is 21.8. The number of aromatic nitrogens is 2. The number of alkyl halides is 3. The van der Waals surface area contributed by atoms with Crippen LogP contribution in [0.2, 0.25) is 0 Å². The number of carbonyl (C=O) groups is 2. The van der Waals surface area contributed by atoms with E-state index in [1.165, 1.54) is 6.07 Å². The summed E-state index contributed by atoms with van der Waals surface area (Å²) in [6.45, 7) is 7.70. The molecule has 202 valence electrons. The highest BCUT2D eigenvalue weighted by molar-refractivity contribution is 6.13. The number of ether oxygens (including phenoxy) is 2. The fourth-order valence-corrected chi connectivity index (χ4v) is 5.57. The number of carbonyl (C=O) groups excluding carboxylic acids is 2. The van der Waals surface area contributed by atoms with Crippen molar-refractivity contribution in [3.8, 4) is 5.75 Å². The summed E-state index contributed by atoms with van der Waals surface area (Å²) in [5.41, 5.74) is 8.98. The van der Waals surface area contributed by atoms with E-state index < -0.39 is 29.8 Å². The second-order valence-corrected chi connectivity index (χ2v) is 9.89. The van der Waals surface area contributed by atoms with Crippen LogP contribution < -0.4 is 10.5 Å². The van der Waals surface area contributed by atoms with E-state index in [2.05, 4.69) is 14.9 Å². The molecule has 1 aromatic carbocycles. The molecule has 1 aliphatic carbocycles. The third-order valence-corrected chi connectivity index (χ3v) is 6.90. The zero-order valence-corrected chi connectivity index (χ0v) is 21.2. The van der Waals surface area contributed by atoms with Crippen LogP contribution in [-0.4, -0.2) is 58.5 Å². The zero-order chi connectivity index (χ0) is 27.5. The molecule has 3 N–H and O–H groups in total. The Balaban J connectivity index is 1.75. The quantitative estimate of drug-likeness (QED) is 0.512. The van der Waals surface area contributed by atoms with Crippen molar-refractivity contribution in [3.05, 3.63) is 46.0 Å². The molecule has 0 spiro atoms. The molecule has 1 unspecified atom stereocenters. The maximum Gasteiger partial charge on any atom is 0.573 e. The molecule has 0 bridgehead atoms. The average Bonchev–Trinajstić information content (AvgIpc) is 3.34. The third-order valence-electron chi connectivity index (χ3n) is 6.90. The maximum atomic E-state index is 13.8. The third kappa shape index (κ3) is 4.64. The van der Waals surface area contributed by atoms with Gasteiger partial charge in [0, 0.05) is 41.4 Å². The smallest absolute Gasteiger partial charge is 0.406 e. The molecule has 0 radical (unpaired) electrons. The minimum Gasteiger partial charge on any atom is -0.406 e. The van der Waals surface area contributed by atoms with Gasteiger partial charge in [0.25, 0.3) is 5.91 Å². The van der Waals surface area contributed by atoms with Gasteiger partial charge < -0.3 is 29.6 Å². The van der Waals surface area contributed by atoms with Gasteiger partial charge in [0.05, 0.1) is 34.9 Å². The number of aryl methyl sites for hydroxylation is 2. The van der Waals surface area contributed by atoms with E-state index in [9.17, 15) is 22.8 Å². The number of H-pyrrole nitrogens is 1. The minimum atomic E-state index is -4.96. The first-order valence-corrected chi connectivity index (χ1v) is 12.2. The van der Waals surface area contributed by atoms with E-state index in [1.54, 1.807) is 18.7 Å². The fraction of sp³-hybridized carbons (Fsp3) is 0.423. The molecular weight excluding hydrogens is 505 g/mol. The summed E-state index contributed by atoms with van der Waals surface area (Å²) in [5, 5.41) is 4.37. The number of hydrogen-bond acceptors (Lipinski definition) is 6. The van der Waals surface area contributed by atoms with Gasteiger partial charge in [-0.25, -0.2) is 0 Å². The molecule has 3 heterocycles. The molecule has 0 saturated carbocycles. The van der Waals surface area contributed by atoms with Gasteiger partial charge >= 0.3 is 6.36 Å². The average molecular weight is 533 g/mol. The molecule has 2 aromatic heterocycles. The number of morpholine rings is 1. The fourth-order valence-electron chi connectivity index (χ4n) is 5.57. The van der Waals surface area contributed by atoms with E-state index in [-0.39, 0.29) is 42.8 Å². The minimum absolute atomic E-state index is 0.0139. The number of allylic oxidation sites excluding steroid dienone is 1. The van der Waals surface area contributed by atoms with Crippen molar-refractivity contribution < 1.29 is 36.8 Å². The Bertz CT molecular complexity index is 1440. The lowest BCUT2D eigenvalue weighted by atomic mass is 9.82. The number of halogens is 3. The summed E-state index contributed by atoms with van der Waals surface area (Å²) in [7, 11) is 0. The molecule has 3 aromatic rings. The summed E-state index contributed by atoms with van der Waals surface area (Å²) in [6.07, 6.45) is -3.43. The van der Waals surface area contributed by atoms with Crippen LogP contribution >= 0.6 is 0 Å². The van der Waals surface area contributed by atoms with Gasteiger partial charge in [0.1, 0.15) is 11.5 Å². The molecule has 2 amide bonds. The van der Waals surface area contributed by atoms with Crippen molar-refractivity contribution in [1.82, 2.24) is 15.0 Å². The Morgan fingerprint density at radius 2 is 1.87 bits per heavy atom. The van der Waals surface area contributed by atoms with Crippen LogP contribution in [0.15, 0.2) is 16.7 Å². The predicted molar refractivity (Wildman–Crippen MR) is 131 cm³/mol. The van der Waals surface area contributed by atoms with Gasteiger partial charge in [-0.3, -0.25) is 9.59 Å². The number of aromatic amines is 1. The lowest BCUT2D eigenvalue weighted by molar-refractivity contribution is -0.274.